The molecule has 214 valence electrons. The number of carbonyl (C=O) groups excluding carboxylic acids is 5. The minimum Gasteiger partial charge on any atom is -0.356 e. The van der Waals surface area contributed by atoms with Crippen LogP contribution >= 0.6 is 0 Å². The molecule has 2 aliphatic rings. The molecule has 0 radical (unpaired) electrons. The van der Waals surface area contributed by atoms with Crippen LogP contribution in [-0.4, -0.2) is 64.5 Å². The lowest BCUT2D eigenvalue weighted by atomic mass is 9.94. The average molecular weight is 558 g/mol. The van der Waals surface area contributed by atoms with Gasteiger partial charge >= 0.3 is 0 Å². The van der Waals surface area contributed by atoms with Crippen molar-refractivity contribution in [2.45, 2.75) is 51.2 Å². The second kappa shape index (κ2) is 12.4. The Kier molecular flexibility index (Phi) is 8.47. The Morgan fingerprint density at radius 1 is 1.05 bits per heavy atom. The molecule has 5 rings (SSSR count). The number of H-pyrrole nitrogens is 1. The summed E-state index contributed by atoms with van der Waals surface area (Å²) in [6.45, 7) is 3.05. The number of benzene rings is 2. The van der Waals surface area contributed by atoms with Crippen molar-refractivity contribution in [3.8, 4) is 0 Å². The number of hydrogen-bond acceptors (Lipinski definition) is 5. The van der Waals surface area contributed by atoms with Gasteiger partial charge in [-0.1, -0.05) is 61.9 Å². The Morgan fingerprint density at radius 3 is 2.51 bits per heavy atom. The van der Waals surface area contributed by atoms with Crippen molar-refractivity contribution < 1.29 is 24.0 Å². The summed E-state index contributed by atoms with van der Waals surface area (Å²) in [4.78, 5) is 70.5. The number of nitrogens with zero attached hydrogens (tertiary/aromatic N) is 1. The van der Waals surface area contributed by atoms with Crippen LogP contribution in [0, 0.1) is 11.8 Å². The highest BCUT2D eigenvalue weighted by atomic mass is 16.2. The first-order chi connectivity index (χ1) is 19.8. The number of likely N-dealkylation sites (tertiary alicyclic amines) is 1. The monoisotopic (exact) mass is 557 g/mol. The van der Waals surface area contributed by atoms with E-state index < -0.39 is 35.6 Å². The van der Waals surface area contributed by atoms with E-state index in [9.17, 15) is 24.0 Å². The highest BCUT2D eigenvalue weighted by Gasteiger charge is 2.42. The summed E-state index contributed by atoms with van der Waals surface area (Å²) in [5, 5.41) is 9.02. The Bertz CT molecular complexity index is 1420. The largest absolute Gasteiger partial charge is 0.356 e. The summed E-state index contributed by atoms with van der Waals surface area (Å²) in [6, 6.07) is 16.5. The van der Waals surface area contributed by atoms with Crippen molar-refractivity contribution in [1.82, 2.24) is 25.8 Å². The van der Waals surface area contributed by atoms with Gasteiger partial charge in [-0.05, 0) is 42.9 Å². The number of amides is 4. The van der Waals surface area contributed by atoms with Crippen LogP contribution in [0.15, 0.2) is 60.7 Å². The highest BCUT2D eigenvalue weighted by Crippen LogP contribution is 2.29. The van der Waals surface area contributed by atoms with Gasteiger partial charge in [-0.3, -0.25) is 24.0 Å². The number of fused-ring (bicyclic) bond motifs is 1. The van der Waals surface area contributed by atoms with Crippen molar-refractivity contribution in [1.29, 1.82) is 0 Å². The van der Waals surface area contributed by atoms with Crippen LogP contribution in [0.25, 0.3) is 10.9 Å². The molecule has 0 saturated carbocycles. The van der Waals surface area contributed by atoms with Gasteiger partial charge in [-0.15, -0.1) is 0 Å². The predicted molar refractivity (Wildman–Crippen MR) is 152 cm³/mol. The van der Waals surface area contributed by atoms with E-state index in [-0.39, 0.29) is 30.7 Å². The van der Waals surface area contributed by atoms with Gasteiger partial charge in [0.05, 0.1) is 6.04 Å². The molecule has 0 unspecified atom stereocenters. The zero-order valence-electron chi connectivity index (χ0n) is 23.0. The van der Waals surface area contributed by atoms with E-state index in [1.165, 1.54) is 0 Å². The zero-order chi connectivity index (χ0) is 28.9. The molecule has 2 fully saturated rings. The third-order valence-corrected chi connectivity index (χ3v) is 8.12. The molecule has 2 aliphatic heterocycles. The van der Waals surface area contributed by atoms with E-state index >= 15 is 0 Å². The van der Waals surface area contributed by atoms with E-state index in [1.54, 1.807) is 11.0 Å². The highest BCUT2D eigenvalue weighted by molar-refractivity contribution is 6.38. The fraction of sp³-hybridized carbons (Fsp3) is 0.387. The number of nitrogens with one attached hydrogen (secondary N) is 4. The van der Waals surface area contributed by atoms with Crippen LogP contribution in [-0.2, 0) is 25.7 Å². The average Bonchev–Trinajstić information content (AvgIpc) is 3.73. The van der Waals surface area contributed by atoms with E-state index in [0.717, 1.165) is 22.9 Å². The van der Waals surface area contributed by atoms with Crippen LogP contribution in [0.2, 0.25) is 0 Å². The molecule has 3 heterocycles. The molecule has 1 aromatic heterocycles. The molecule has 0 aliphatic carbocycles. The summed E-state index contributed by atoms with van der Waals surface area (Å²) >= 11 is 0. The van der Waals surface area contributed by atoms with Crippen molar-refractivity contribution in [2.24, 2.45) is 11.8 Å². The Balaban J connectivity index is 1.33. The Labute approximate surface area is 238 Å². The molecule has 4 atom stereocenters. The molecule has 2 aromatic carbocycles. The van der Waals surface area contributed by atoms with Crippen LogP contribution in [0.4, 0.5) is 0 Å². The number of aromatic amines is 1. The Hall–Kier alpha value is -4.47. The van der Waals surface area contributed by atoms with Gasteiger partial charge in [0.25, 0.3) is 11.8 Å². The van der Waals surface area contributed by atoms with Crippen molar-refractivity contribution in [3.05, 3.63) is 71.9 Å². The zero-order valence-corrected chi connectivity index (χ0v) is 23.0. The van der Waals surface area contributed by atoms with E-state index in [0.29, 0.717) is 31.6 Å². The van der Waals surface area contributed by atoms with E-state index in [2.05, 4.69) is 20.9 Å². The van der Waals surface area contributed by atoms with Crippen molar-refractivity contribution in [3.63, 3.8) is 0 Å². The van der Waals surface area contributed by atoms with E-state index in [4.69, 9.17) is 0 Å². The summed E-state index contributed by atoms with van der Waals surface area (Å²) < 4.78 is 0. The quantitative estimate of drug-likeness (QED) is 0.283. The fourth-order valence-corrected chi connectivity index (χ4v) is 5.71. The molecule has 4 amide bonds. The van der Waals surface area contributed by atoms with Crippen LogP contribution in [0.1, 0.15) is 48.7 Å². The minimum absolute atomic E-state index is 0.00898. The lowest BCUT2D eigenvalue weighted by Crippen LogP contribution is -2.54. The van der Waals surface area contributed by atoms with Gasteiger partial charge in [0.2, 0.25) is 17.6 Å². The summed E-state index contributed by atoms with van der Waals surface area (Å²) in [7, 11) is 0. The maximum absolute atomic E-state index is 13.7. The van der Waals surface area contributed by atoms with Gasteiger partial charge in [0.1, 0.15) is 11.7 Å². The van der Waals surface area contributed by atoms with Gasteiger partial charge < -0.3 is 25.8 Å². The van der Waals surface area contributed by atoms with Crippen LogP contribution < -0.4 is 16.0 Å². The molecule has 2 saturated heterocycles. The third-order valence-electron chi connectivity index (χ3n) is 8.12. The minimum atomic E-state index is -1.20. The fourth-order valence-electron chi connectivity index (χ4n) is 5.71. The number of rotatable bonds is 10. The molecule has 3 aromatic rings. The normalized spacial score (nSPS) is 21.0. The molecule has 0 spiro atoms. The number of hydrogen-bond donors (Lipinski definition) is 4. The molecule has 10 nitrogen and oxygen atoms in total. The first-order valence-electron chi connectivity index (χ1n) is 14.2. The molecule has 10 heteroatoms. The topological polar surface area (TPSA) is 140 Å². The molecular formula is C31H35N5O5. The number of Topliss-reactive ketones (excluding diaryl/α,β-unsaturated/α-hetero) is 1. The first kappa shape index (κ1) is 28.1. The van der Waals surface area contributed by atoms with E-state index in [1.807, 2.05) is 61.5 Å². The SMILES string of the molecule is CC[C@@H]1C[C@@H](C(=O)N[C@@H](C[C@@H]2CCNC2=O)C(=O)C(=O)NCc2ccccc2)N(C(=O)c2cc3ccccc3[nH]2)C1. The van der Waals surface area contributed by atoms with Crippen LogP contribution in [0.3, 0.4) is 0 Å². The molecule has 4 N–H and O–H groups in total. The second-order valence-corrected chi connectivity index (χ2v) is 10.9. The van der Waals surface area contributed by atoms with Gasteiger partial charge in [-0.2, -0.15) is 0 Å². The van der Waals surface area contributed by atoms with Crippen molar-refractivity contribution >= 4 is 40.3 Å². The number of aromatic nitrogens is 1. The number of carbonyl (C=O) groups is 5. The van der Waals surface area contributed by atoms with Gasteiger partial charge in [0.15, 0.2) is 0 Å². The maximum atomic E-state index is 13.7. The summed E-state index contributed by atoms with van der Waals surface area (Å²) in [6.07, 6.45) is 1.75. The number of para-hydroxylation sites is 1. The van der Waals surface area contributed by atoms with Gasteiger partial charge in [-0.25, -0.2) is 0 Å². The summed E-state index contributed by atoms with van der Waals surface area (Å²) in [5.41, 5.74) is 2.04. The van der Waals surface area contributed by atoms with Gasteiger partial charge in [0, 0.05) is 36.5 Å². The third kappa shape index (κ3) is 6.32. The molecule has 0 bridgehead atoms. The first-order valence-corrected chi connectivity index (χ1v) is 14.2. The summed E-state index contributed by atoms with van der Waals surface area (Å²) in [5.74, 6) is -3.03. The second-order valence-electron chi connectivity index (χ2n) is 10.9. The number of ketones is 1. The smallest absolute Gasteiger partial charge is 0.289 e. The standard InChI is InChI=1S/C31H35N5O5/c1-2-19-14-26(36(18-19)31(41)25-15-21-10-6-7-11-23(21)34-25)29(39)35-24(16-22-12-13-32-28(22)38)27(37)30(40)33-17-20-8-4-3-5-9-20/h3-11,15,19,22,24,26,34H,2,12-14,16-18H2,1H3,(H,32,38)(H,33,40)(H,35,39)/t19-,22+,24+,26+/m1/s1. The molecular weight excluding hydrogens is 522 g/mol. The lowest BCUT2D eigenvalue weighted by molar-refractivity contribution is -0.141. The predicted octanol–water partition coefficient (Wildman–Crippen LogP) is 2.31. The molecule has 41 heavy (non-hydrogen) atoms. The van der Waals surface area contributed by atoms with Crippen LogP contribution in [0.5, 0.6) is 0 Å². The van der Waals surface area contributed by atoms with Crippen molar-refractivity contribution in [2.75, 3.05) is 13.1 Å². The lowest BCUT2D eigenvalue weighted by Gasteiger charge is -2.26. The Morgan fingerprint density at radius 2 is 1.80 bits per heavy atom. The maximum Gasteiger partial charge on any atom is 0.289 e.